The van der Waals surface area contributed by atoms with Gasteiger partial charge in [0.1, 0.15) is 19.0 Å². The molecule has 382 valence electrons. The highest BCUT2D eigenvalue weighted by Crippen LogP contribution is 2.42. The average Bonchev–Trinajstić information content (AvgIpc) is 3.89. The van der Waals surface area contributed by atoms with Gasteiger partial charge < -0.3 is 38.8 Å². The van der Waals surface area contributed by atoms with Gasteiger partial charge in [-0.05, 0) is 128 Å². The van der Waals surface area contributed by atoms with Crippen LogP contribution in [0.1, 0.15) is 94.1 Å². The SMILES string of the molecule is CCCOCCOCCN(CC(C)(C)SCCCC(=O)NC)c1cc(COc2cc3c(cc2C)C(=O)N2c4ccccc4C[C@H]2C=N3)cc(COc2cc3c(cc2OC)C(=O)N2c4ccccc4C[C@H]2C=C3)c1. The fraction of sp³-hybridized carbons (Fsp3) is 0.390. The van der Waals surface area contributed by atoms with Crippen LogP contribution in [0.2, 0.25) is 0 Å². The zero-order chi connectivity index (χ0) is 51.1. The van der Waals surface area contributed by atoms with Gasteiger partial charge in [-0.2, -0.15) is 11.8 Å². The molecule has 0 aromatic heterocycles. The van der Waals surface area contributed by atoms with E-state index in [-0.39, 0.29) is 47.8 Å². The Morgan fingerprint density at radius 2 is 1.45 bits per heavy atom. The normalized spacial score (nSPS) is 16.2. The highest BCUT2D eigenvalue weighted by Gasteiger charge is 2.37. The number of aryl methyl sites for hydroxylation is 1. The molecule has 9 rings (SSSR count). The minimum Gasteiger partial charge on any atom is -0.493 e. The molecule has 0 saturated heterocycles. The van der Waals surface area contributed by atoms with Gasteiger partial charge in [-0.1, -0.05) is 55.5 Å². The van der Waals surface area contributed by atoms with Crippen LogP contribution < -0.4 is 34.2 Å². The fourth-order valence-electron chi connectivity index (χ4n) is 10.1. The fourth-order valence-corrected chi connectivity index (χ4v) is 11.2. The number of thioether (sulfide) groups is 1. The summed E-state index contributed by atoms with van der Waals surface area (Å²) in [5, 5.41) is 2.73. The Bertz CT molecular complexity index is 2900. The lowest BCUT2D eigenvalue weighted by Gasteiger charge is -2.34. The number of hydrogen-bond donors (Lipinski definition) is 1. The molecular weight excluding hydrogens is 939 g/mol. The van der Waals surface area contributed by atoms with E-state index < -0.39 is 0 Å². The van der Waals surface area contributed by atoms with Crippen LogP contribution in [-0.4, -0.2) is 100 Å². The molecule has 4 aliphatic rings. The van der Waals surface area contributed by atoms with Crippen molar-refractivity contribution in [1.29, 1.82) is 0 Å². The zero-order valence-corrected chi connectivity index (χ0v) is 43.7. The molecule has 4 heterocycles. The van der Waals surface area contributed by atoms with E-state index in [1.165, 1.54) is 0 Å². The lowest BCUT2D eigenvalue weighted by molar-refractivity contribution is -0.120. The van der Waals surface area contributed by atoms with Crippen molar-refractivity contribution in [1.82, 2.24) is 5.32 Å². The van der Waals surface area contributed by atoms with Crippen molar-refractivity contribution >= 4 is 64.5 Å². The Hall–Kier alpha value is -6.61. The number of anilines is 3. The number of carbonyl (C=O) groups is 3. The molecule has 0 bridgehead atoms. The number of fused-ring (bicyclic) bond motifs is 8. The van der Waals surface area contributed by atoms with Gasteiger partial charge in [0.05, 0.1) is 55.8 Å². The number of amides is 3. The maximum absolute atomic E-state index is 14.2. The van der Waals surface area contributed by atoms with E-state index in [9.17, 15) is 14.4 Å². The van der Waals surface area contributed by atoms with Gasteiger partial charge in [-0.25, -0.2) is 0 Å². The predicted molar refractivity (Wildman–Crippen MR) is 292 cm³/mol. The minimum atomic E-state index is -0.193. The monoisotopic (exact) mass is 1010 g/mol. The largest absolute Gasteiger partial charge is 0.493 e. The number of aliphatic imine (C=N–C) groups is 1. The average molecular weight is 1010 g/mol. The maximum Gasteiger partial charge on any atom is 0.261 e. The molecule has 0 spiro atoms. The summed E-state index contributed by atoms with van der Waals surface area (Å²) in [4.78, 5) is 51.4. The number of ether oxygens (including phenoxy) is 5. The van der Waals surface area contributed by atoms with Crippen LogP contribution in [0, 0.1) is 6.92 Å². The number of benzene rings is 5. The van der Waals surface area contributed by atoms with E-state index in [4.69, 9.17) is 28.7 Å². The van der Waals surface area contributed by atoms with Crippen molar-refractivity contribution in [2.75, 3.05) is 74.1 Å². The van der Waals surface area contributed by atoms with Gasteiger partial charge in [-0.15, -0.1) is 0 Å². The maximum atomic E-state index is 14.2. The highest BCUT2D eigenvalue weighted by molar-refractivity contribution is 8.00. The topological polar surface area (TPSA) is 131 Å². The van der Waals surface area contributed by atoms with Crippen molar-refractivity contribution in [3.8, 4) is 17.2 Å². The van der Waals surface area contributed by atoms with E-state index in [2.05, 4.69) is 67.4 Å². The summed E-state index contributed by atoms with van der Waals surface area (Å²) < 4.78 is 30.9. The van der Waals surface area contributed by atoms with Crippen LogP contribution in [0.5, 0.6) is 17.2 Å². The Kier molecular flexibility index (Phi) is 16.2. The molecule has 3 amide bonds. The van der Waals surface area contributed by atoms with E-state index >= 15 is 0 Å². The summed E-state index contributed by atoms with van der Waals surface area (Å²) in [6.07, 6.45) is 9.70. The molecule has 0 fully saturated rings. The first-order valence-electron chi connectivity index (χ1n) is 25.5. The Morgan fingerprint density at radius 1 is 0.795 bits per heavy atom. The van der Waals surface area contributed by atoms with Crippen LogP contribution in [-0.2, 0) is 40.3 Å². The molecule has 2 atom stereocenters. The van der Waals surface area contributed by atoms with Crippen molar-refractivity contribution in [2.45, 2.75) is 89.8 Å². The lowest BCUT2D eigenvalue weighted by atomic mass is 10.0. The third-order valence-corrected chi connectivity index (χ3v) is 15.1. The highest BCUT2D eigenvalue weighted by atomic mass is 32.2. The summed E-state index contributed by atoms with van der Waals surface area (Å²) in [6, 6.07) is 29.8. The van der Waals surface area contributed by atoms with Crippen LogP contribution in [0.25, 0.3) is 6.08 Å². The van der Waals surface area contributed by atoms with Crippen LogP contribution in [0.15, 0.2) is 102 Å². The molecule has 5 aromatic carbocycles. The van der Waals surface area contributed by atoms with E-state index in [0.29, 0.717) is 80.0 Å². The summed E-state index contributed by atoms with van der Waals surface area (Å²) in [5.41, 5.74) is 10.2. The van der Waals surface area contributed by atoms with Crippen LogP contribution in [0.4, 0.5) is 22.7 Å². The molecule has 0 radical (unpaired) electrons. The molecule has 73 heavy (non-hydrogen) atoms. The predicted octanol–water partition coefficient (Wildman–Crippen LogP) is 10.3. The standard InChI is InChI=1S/C59H67N5O8S/c1-7-21-69-23-24-70-22-20-62(38-59(3,4)73-25-12-17-56(65)60-5)46-28-40(36-71-53-34-50-49(26-39(53)2)58(67)64-47(35-61-50)31-44-14-9-11-16-52(44)64)27-41(29-46)37-72-55-32-42-18-19-45-30-43-13-8-10-15-51(43)63(45)57(66)48(42)33-54(55)68-6/h8-11,13-16,18-19,26-29,32-35,45,47H,7,12,17,20-25,30-31,36-38H2,1-6H3,(H,60,65)/t45-,47+/m1/s1. The van der Waals surface area contributed by atoms with Gasteiger partial charge in [0.25, 0.3) is 11.8 Å². The van der Waals surface area contributed by atoms with Gasteiger partial charge in [0, 0.05) is 73.7 Å². The molecule has 0 saturated carbocycles. The van der Waals surface area contributed by atoms with Gasteiger partial charge in [0.2, 0.25) is 5.91 Å². The van der Waals surface area contributed by atoms with E-state index in [0.717, 1.165) is 81.9 Å². The molecule has 4 aliphatic heterocycles. The molecule has 0 aliphatic carbocycles. The van der Waals surface area contributed by atoms with Gasteiger partial charge >= 0.3 is 0 Å². The minimum absolute atomic E-state index is 0.0440. The second kappa shape index (κ2) is 23.1. The first-order chi connectivity index (χ1) is 35.4. The van der Waals surface area contributed by atoms with E-state index in [1.54, 1.807) is 20.2 Å². The number of carbonyl (C=O) groups excluding carboxylic acids is 3. The van der Waals surface area contributed by atoms with Crippen LogP contribution in [0.3, 0.4) is 0 Å². The summed E-state index contributed by atoms with van der Waals surface area (Å²) in [5.74, 6) is 2.36. The quantitative estimate of drug-likeness (QED) is 0.0631. The number of para-hydroxylation sites is 2. The Labute approximate surface area is 433 Å². The third-order valence-electron chi connectivity index (χ3n) is 13.7. The molecular formula is C59H67N5O8S. The van der Waals surface area contributed by atoms with Crippen molar-refractivity contribution in [3.05, 3.63) is 142 Å². The zero-order valence-electron chi connectivity index (χ0n) is 42.9. The Balaban J connectivity index is 1.00. The summed E-state index contributed by atoms with van der Waals surface area (Å²) in [6.45, 7) is 12.5. The van der Waals surface area contributed by atoms with E-state index in [1.807, 2.05) is 95.4 Å². The van der Waals surface area contributed by atoms with Crippen molar-refractivity contribution in [2.24, 2.45) is 4.99 Å². The second-order valence-corrected chi connectivity index (χ2v) is 21.4. The number of hydrogen-bond acceptors (Lipinski definition) is 11. The van der Waals surface area contributed by atoms with Crippen LogP contribution >= 0.6 is 11.8 Å². The number of rotatable bonds is 23. The van der Waals surface area contributed by atoms with Crippen molar-refractivity contribution in [3.63, 3.8) is 0 Å². The molecule has 1 N–H and O–H groups in total. The molecule has 14 heteroatoms. The lowest BCUT2D eigenvalue weighted by Crippen LogP contribution is -2.39. The smallest absolute Gasteiger partial charge is 0.261 e. The van der Waals surface area contributed by atoms with Crippen molar-refractivity contribution < 1.29 is 38.1 Å². The van der Waals surface area contributed by atoms with Gasteiger partial charge in [0.15, 0.2) is 11.5 Å². The number of nitrogens with one attached hydrogen (secondary N) is 1. The second-order valence-electron chi connectivity index (χ2n) is 19.6. The van der Waals surface area contributed by atoms with Gasteiger partial charge in [-0.3, -0.25) is 24.3 Å². The first kappa shape index (κ1) is 51.3. The molecule has 5 aromatic rings. The summed E-state index contributed by atoms with van der Waals surface area (Å²) in [7, 11) is 3.27. The number of methoxy groups -OCH3 is 1. The molecule has 13 nitrogen and oxygen atoms in total. The summed E-state index contributed by atoms with van der Waals surface area (Å²) >= 11 is 1.85. The third kappa shape index (κ3) is 11.8. The number of nitrogens with zero attached hydrogens (tertiary/aromatic N) is 4. The first-order valence-corrected chi connectivity index (χ1v) is 26.5. The Morgan fingerprint density at radius 3 is 2.15 bits per heavy atom. The molecule has 0 unspecified atom stereocenters.